The molecule has 1 amide bonds. The van der Waals surface area contributed by atoms with Gasteiger partial charge in [-0.3, -0.25) is 4.79 Å². The Hall–Kier alpha value is -3.55. The molecule has 3 aliphatic rings. The first kappa shape index (κ1) is 103. The summed E-state index contributed by atoms with van der Waals surface area (Å²) in [6.45, 7) is 1.72. The van der Waals surface area contributed by atoms with Gasteiger partial charge in [-0.25, -0.2) is 0 Å². The quantitative estimate of drug-likeness (QED) is 0.0199. The molecule has 0 aliphatic carbocycles. The van der Waals surface area contributed by atoms with Crippen LogP contribution in [0.5, 0.6) is 0 Å². The zero-order valence-electron chi connectivity index (χ0n) is 69.9. The van der Waals surface area contributed by atoms with E-state index in [9.17, 15) is 61.0 Å². The van der Waals surface area contributed by atoms with E-state index < -0.39 is 124 Å². The van der Waals surface area contributed by atoms with Crippen LogP contribution in [0.1, 0.15) is 341 Å². The molecule has 3 fully saturated rings. The zero-order chi connectivity index (χ0) is 81.0. The molecule has 0 radical (unpaired) electrons. The van der Waals surface area contributed by atoms with Gasteiger partial charge in [0.25, 0.3) is 0 Å². The second-order valence-corrected chi connectivity index (χ2v) is 31.7. The molecule has 0 aromatic heterocycles. The second-order valence-electron chi connectivity index (χ2n) is 31.7. The van der Waals surface area contributed by atoms with Crippen LogP contribution in [0, 0.1) is 0 Å². The lowest BCUT2D eigenvalue weighted by Gasteiger charge is -2.48. The first-order valence-electron chi connectivity index (χ1n) is 45.1. The minimum Gasteiger partial charge on any atom is -0.394 e. The first-order valence-corrected chi connectivity index (χ1v) is 45.1. The number of nitrogens with one attached hydrogen (secondary N) is 1. The average Bonchev–Trinajstić information content (AvgIpc) is 0.782. The molecule has 3 heterocycles. The number of carbonyl (C=O) groups is 1. The van der Waals surface area contributed by atoms with Crippen LogP contribution in [-0.4, -0.2) is 193 Å². The molecule has 112 heavy (non-hydrogen) atoms. The topological polar surface area (TPSA) is 307 Å². The van der Waals surface area contributed by atoms with Crippen LogP contribution >= 0.6 is 0 Å². The summed E-state index contributed by atoms with van der Waals surface area (Å²) in [7, 11) is 0. The summed E-state index contributed by atoms with van der Waals surface area (Å²) >= 11 is 0. The molecule has 3 aliphatic heterocycles. The fourth-order valence-electron chi connectivity index (χ4n) is 14.7. The Labute approximate surface area is 678 Å². The first-order chi connectivity index (χ1) is 54.8. The molecular formula is C93H163NO18. The molecule has 3 rings (SSSR count). The minimum absolute atomic E-state index is 0.247. The number of amides is 1. The van der Waals surface area contributed by atoms with Crippen molar-refractivity contribution in [1.29, 1.82) is 0 Å². The van der Waals surface area contributed by atoms with Gasteiger partial charge in [0.05, 0.1) is 38.6 Å². The summed E-state index contributed by atoms with van der Waals surface area (Å²) in [6.07, 6.45) is 73.3. The van der Waals surface area contributed by atoms with E-state index >= 15 is 0 Å². The summed E-state index contributed by atoms with van der Waals surface area (Å²) in [5.41, 5.74) is 0. The highest BCUT2D eigenvalue weighted by atomic mass is 16.8. The maximum absolute atomic E-state index is 13.5. The molecule has 648 valence electrons. The summed E-state index contributed by atoms with van der Waals surface area (Å²) in [6, 6.07) is -0.904. The van der Waals surface area contributed by atoms with E-state index in [2.05, 4.69) is 129 Å². The molecule has 17 unspecified atom stereocenters. The van der Waals surface area contributed by atoms with E-state index in [0.717, 1.165) is 128 Å². The minimum atomic E-state index is -1.98. The third-order valence-electron chi connectivity index (χ3n) is 21.9. The van der Waals surface area contributed by atoms with Gasteiger partial charge in [0, 0.05) is 6.42 Å². The third-order valence-corrected chi connectivity index (χ3v) is 21.9. The Morgan fingerprint density at radius 1 is 0.330 bits per heavy atom. The number of allylic oxidation sites excluding steroid dienone is 18. The van der Waals surface area contributed by atoms with Gasteiger partial charge in [0.1, 0.15) is 73.2 Å². The molecule has 0 aromatic rings. The lowest BCUT2D eigenvalue weighted by molar-refractivity contribution is -0.379. The summed E-state index contributed by atoms with van der Waals surface area (Å²) in [4.78, 5) is 13.5. The number of ether oxygens (including phenoxy) is 6. The van der Waals surface area contributed by atoms with Gasteiger partial charge >= 0.3 is 0 Å². The molecule has 12 N–H and O–H groups in total. The standard InChI is InChI=1S/C93H163NO18/c1-3-5-7-9-11-13-15-17-19-21-23-25-27-29-31-33-35-37-38-39-41-43-45-47-49-51-53-55-57-59-61-63-65-67-69-71-81(99)94-76(77(98)70-68-66-64-62-60-58-56-54-52-50-48-46-44-42-40-36-34-32-30-28-26-24-22-20-18-16-14-12-10-8-6-4-2)75-107-91-87(105)84(102)89(79(73-96)109-91)112-93-88(106)85(103)90(80(74-97)110-93)111-92-86(104)83(101)82(100)78(72-95)108-92/h5,7,11,13,17,19,23,25,29,31,35,37,39,41,45,47,51,53,76-80,82-93,95-98,100-106H,3-4,6,8-10,12,14-16,18,20-22,24,26-28,30,32-34,36,38,40,42-44,46,48-50,52,54-75H2,1-2H3,(H,94,99)/b7-5-,13-11-,19-17-,25-23-,31-29-,37-35-,41-39-,47-45-,53-51-. The van der Waals surface area contributed by atoms with E-state index in [0.29, 0.717) is 12.8 Å². The highest BCUT2D eigenvalue weighted by Gasteiger charge is 2.54. The van der Waals surface area contributed by atoms with Gasteiger partial charge in [-0.2, -0.15) is 0 Å². The normalized spacial score (nSPS) is 25.5. The average molecular weight is 1580 g/mol. The molecule has 0 bridgehead atoms. The Morgan fingerprint density at radius 3 is 0.964 bits per heavy atom. The van der Waals surface area contributed by atoms with E-state index in [4.69, 9.17) is 28.4 Å². The highest BCUT2D eigenvalue weighted by molar-refractivity contribution is 5.76. The van der Waals surface area contributed by atoms with Crippen LogP contribution in [0.2, 0.25) is 0 Å². The van der Waals surface area contributed by atoms with Crippen LogP contribution < -0.4 is 5.32 Å². The van der Waals surface area contributed by atoms with E-state index in [1.807, 2.05) is 0 Å². The Kier molecular flexibility index (Phi) is 65.6. The van der Waals surface area contributed by atoms with Crippen LogP contribution in [0.25, 0.3) is 0 Å². The SMILES string of the molecule is CC/C=C\C/C=C\C/C=C\C/C=C\C/C=C\C/C=C\C/C=C\C/C=C\C/C=C\CCCCCCCCCC(=O)NC(COC1OC(CO)C(OC2OC(CO)C(OC3OC(CO)C(O)C(O)C3O)C(O)C2O)C(O)C1O)C(O)CCCCCCCCCCCCCCCCCCCCCCCCCCCCCCCCCC. The largest absolute Gasteiger partial charge is 0.394 e. The predicted molar refractivity (Wildman–Crippen MR) is 452 cm³/mol. The van der Waals surface area contributed by atoms with Gasteiger partial charge in [-0.05, 0) is 83.5 Å². The molecule has 19 heteroatoms. The number of rotatable bonds is 72. The lowest BCUT2D eigenvalue weighted by Crippen LogP contribution is -2.66. The number of aliphatic hydroxyl groups is 11. The number of carbonyl (C=O) groups excluding carboxylic acids is 1. The van der Waals surface area contributed by atoms with Gasteiger partial charge in [0.15, 0.2) is 18.9 Å². The van der Waals surface area contributed by atoms with Gasteiger partial charge in [-0.1, -0.05) is 361 Å². The smallest absolute Gasteiger partial charge is 0.220 e. The molecule has 3 saturated heterocycles. The maximum Gasteiger partial charge on any atom is 0.220 e. The Morgan fingerprint density at radius 2 is 0.616 bits per heavy atom. The number of hydrogen-bond acceptors (Lipinski definition) is 18. The van der Waals surface area contributed by atoms with Crippen molar-refractivity contribution < 1.29 is 89.4 Å². The molecular weight excluding hydrogens is 1420 g/mol. The summed E-state index contributed by atoms with van der Waals surface area (Å²) in [5.74, 6) is -0.254. The van der Waals surface area contributed by atoms with Crippen molar-refractivity contribution in [2.75, 3.05) is 26.4 Å². The second kappa shape index (κ2) is 71.5. The fraction of sp³-hybridized carbons (Fsp3) is 0.796. The van der Waals surface area contributed by atoms with Crippen LogP contribution in [0.3, 0.4) is 0 Å². The number of hydrogen-bond donors (Lipinski definition) is 12. The summed E-state index contributed by atoms with van der Waals surface area (Å²) < 4.78 is 34.6. The van der Waals surface area contributed by atoms with Crippen LogP contribution in [-0.2, 0) is 33.2 Å². The zero-order valence-corrected chi connectivity index (χ0v) is 69.9. The van der Waals surface area contributed by atoms with Crippen molar-refractivity contribution >= 4 is 5.91 Å². The molecule has 0 saturated carbocycles. The van der Waals surface area contributed by atoms with Crippen molar-refractivity contribution in [1.82, 2.24) is 5.32 Å². The predicted octanol–water partition coefficient (Wildman–Crippen LogP) is 17.2. The van der Waals surface area contributed by atoms with Crippen molar-refractivity contribution in [2.24, 2.45) is 0 Å². The van der Waals surface area contributed by atoms with Gasteiger partial charge in [0.2, 0.25) is 5.91 Å². The molecule has 19 nitrogen and oxygen atoms in total. The number of aliphatic hydroxyl groups excluding tert-OH is 11. The van der Waals surface area contributed by atoms with E-state index in [1.165, 1.54) is 180 Å². The fourth-order valence-corrected chi connectivity index (χ4v) is 14.7. The Bertz CT molecular complexity index is 2450. The molecule has 0 aromatic carbocycles. The van der Waals surface area contributed by atoms with Gasteiger partial charge < -0.3 is 89.9 Å². The Balaban J connectivity index is 1.34. The van der Waals surface area contributed by atoms with Crippen molar-refractivity contribution in [3.05, 3.63) is 109 Å². The molecule has 17 atom stereocenters. The van der Waals surface area contributed by atoms with Crippen molar-refractivity contribution in [3.63, 3.8) is 0 Å². The van der Waals surface area contributed by atoms with Gasteiger partial charge in [-0.15, -0.1) is 0 Å². The third kappa shape index (κ3) is 49.6. The van der Waals surface area contributed by atoms with Crippen molar-refractivity contribution in [3.8, 4) is 0 Å². The van der Waals surface area contributed by atoms with E-state index in [1.54, 1.807) is 0 Å². The summed E-state index contributed by atoms with van der Waals surface area (Å²) in [5, 5.41) is 121. The molecule has 0 spiro atoms. The van der Waals surface area contributed by atoms with Crippen LogP contribution in [0.4, 0.5) is 0 Å². The lowest BCUT2D eigenvalue weighted by atomic mass is 9.96. The van der Waals surface area contributed by atoms with Crippen LogP contribution in [0.15, 0.2) is 109 Å². The van der Waals surface area contributed by atoms with Crippen molar-refractivity contribution in [2.45, 2.75) is 446 Å². The monoisotopic (exact) mass is 1580 g/mol. The highest BCUT2D eigenvalue weighted by Crippen LogP contribution is 2.34. The number of unbranched alkanes of at least 4 members (excludes halogenated alkanes) is 38. The van der Waals surface area contributed by atoms with E-state index in [-0.39, 0.29) is 18.9 Å². The maximum atomic E-state index is 13.5.